The molecule has 0 saturated carbocycles. The molecule has 0 radical (unpaired) electrons. The van der Waals surface area contributed by atoms with E-state index in [4.69, 9.17) is 31.2 Å². The molecule has 1 aliphatic heterocycles. The number of carbonyl (C=O) groups excluding carboxylic acids is 3. The number of thiocarbonyl (C=S) groups is 1. The zero-order chi connectivity index (χ0) is 33.1. The second-order valence-corrected chi connectivity index (χ2v) is 11.1. The lowest BCUT2D eigenvalue weighted by Gasteiger charge is -2.30. The molecule has 240 valence electrons. The Morgan fingerprint density at radius 3 is 2.41 bits per heavy atom. The maximum absolute atomic E-state index is 12.8. The standard InChI is InChI=1S/C33H33BrN4O7S/c1-4-42-31(40)22-12-10-21(11-13-22)18-44-26-15-14-24(34)16-23(26)17-35-38-28(39)19-45-27-9-7-6-8-25(27)30-29(32(41)43-5-2)20(3)36-33(46)37-30/h6-17,30H,4-5,18-19H2,1-3H3,(H,38,39)(H2,36,37,46)/t30-/m1/s1. The summed E-state index contributed by atoms with van der Waals surface area (Å²) in [5.41, 5.74) is 5.94. The van der Waals surface area contributed by atoms with Crippen LogP contribution in [0.1, 0.15) is 53.9 Å². The summed E-state index contributed by atoms with van der Waals surface area (Å²) in [6, 6.07) is 18.8. The highest BCUT2D eigenvalue weighted by Crippen LogP contribution is 2.33. The van der Waals surface area contributed by atoms with Gasteiger partial charge in [-0.2, -0.15) is 5.10 Å². The first-order valence-corrected chi connectivity index (χ1v) is 15.6. The molecule has 0 fully saturated rings. The number of nitrogens with zero attached hydrogens (tertiary/aromatic N) is 1. The van der Waals surface area contributed by atoms with Crippen molar-refractivity contribution in [3.8, 4) is 11.5 Å². The van der Waals surface area contributed by atoms with Crippen molar-refractivity contribution in [2.45, 2.75) is 33.4 Å². The number of allylic oxidation sites excluding steroid dienone is 1. The monoisotopic (exact) mass is 708 g/mol. The number of hydrogen-bond acceptors (Lipinski definition) is 9. The van der Waals surface area contributed by atoms with Gasteiger partial charge >= 0.3 is 11.9 Å². The molecule has 0 aromatic heterocycles. The van der Waals surface area contributed by atoms with E-state index >= 15 is 0 Å². The molecule has 1 atom stereocenters. The highest BCUT2D eigenvalue weighted by atomic mass is 79.9. The Bertz CT molecular complexity index is 1660. The van der Waals surface area contributed by atoms with Crippen LogP contribution in [0.4, 0.5) is 0 Å². The zero-order valence-electron chi connectivity index (χ0n) is 25.4. The zero-order valence-corrected chi connectivity index (χ0v) is 27.8. The molecule has 0 spiro atoms. The van der Waals surface area contributed by atoms with Gasteiger partial charge < -0.3 is 29.6 Å². The predicted molar refractivity (Wildman–Crippen MR) is 179 cm³/mol. The molecular weight excluding hydrogens is 676 g/mol. The summed E-state index contributed by atoms with van der Waals surface area (Å²) in [4.78, 5) is 37.3. The second-order valence-electron chi connectivity index (χ2n) is 9.80. The summed E-state index contributed by atoms with van der Waals surface area (Å²) in [5, 5.41) is 10.5. The van der Waals surface area contributed by atoms with Crippen molar-refractivity contribution >= 4 is 57.3 Å². The van der Waals surface area contributed by atoms with Crippen LogP contribution in [-0.2, 0) is 25.7 Å². The van der Waals surface area contributed by atoms with Crippen molar-refractivity contribution in [3.63, 3.8) is 0 Å². The molecule has 3 N–H and O–H groups in total. The largest absolute Gasteiger partial charge is 0.488 e. The average Bonchev–Trinajstić information content (AvgIpc) is 3.03. The Morgan fingerprint density at radius 2 is 1.67 bits per heavy atom. The van der Waals surface area contributed by atoms with Crippen LogP contribution in [0, 0.1) is 0 Å². The first kappa shape index (κ1) is 34.1. The summed E-state index contributed by atoms with van der Waals surface area (Å²) in [6.07, 6.45) is 1.47. The Hall–Kier alpha value is -4.75. The molecule has 3 aromatic rings. The molecule has 0 bridgehead atoms. The number of para-hydroxylation sites is 1. The average molecular weight is 710 g/mol. The summed E-state index contributed by atoms with van der Waals surface area (Å²) in [7, 11) is 0. The van der Waals surface area contributed by atoms with Crippen molar-refractivity contribution in [1.29, 1.82) is 0 Å². The first-order valence-electron chi connectivity index (χ1n) is 14.4. The number of amides is 1. The fraction of sp³-hybridized carbons (Fsp3) is 0.242. The van der Waals surface area contributed by atoms with Gasteiger partial charge in [0.2, 0.25) is 0 Å². The fourth-order valence-corrected chi connectivity index (χ4v) is 5.12. The summed E-state index contributed by atoms with van der Waals surface area (Å²) < 4.78 is 22.9. The van der Waals surface area contributed by atoms with Gasteiger partial charge in [-0.3, -0.25) is 4.79 Å². The highest BCUT2D eigenvalue weighted by Gasteiger charge is 2.32. The lowest BCUT2D eigenvalue weighted by molar-refractivity contribution is -0.139. The molecule has 4 rings (SSSR count). The first-order chi connectivity index (χ1) is 22.2. The van der Waals surface area contributed by atoms with Crippen molar-refractivity contribution in [3.05, 3.63) is 105 Å². The molecule has 13 heteroatoms. The quantitative estimate of drug-likeness (QED) is 0.0954. The van der Waals surface area contributed by atoms with Gasteiger partial charge in [-0.05, 0) is 75.0 Å². The summed E-state index contributed by atoms with van der Waals surface area (Å²) >= 11 is 8.77. The molecular formula is C33H33BrN4O7S. The lowest BCUT2D eigenvalue weighted by atomic mass is 9.95. The molecule has 0 unspecified atom stereocenters. The minimum atomic E-state index is -0.643. The number of carbonyl (C=O) groups is 3. The van der Waals surface area contributed by atoms with Crippen LogP contribution in [0.15, 0.2) is 87.6 Å². The van der Waals surface area contributed by atoms with Crippen LogP contribution in [0.3, 0.4) is 0 Å². The minimum Gasteiger partial charge on any atom is -0.488 e. The fourth-order valence-electron chi connectivity index (χ4n) is 4.47. The van der Waals surface area contributed by atoms with E-state index in [0.29, 0.717) is 51.2 Å². The number of esters is 2. The Kier molecular flexibility index (Phi) is 12.3. The number of nitrogens with one attached hydrogen (secondary N) is 3. The van der Waals surface area contributed by atoms with Crippen LogP contribution in [0.5, 0.6) is 11.5 Å². The number of hydrogen-bond donors (Lipinski definition) is 3. The van der Waals surface area contributed by atoms with Crippen LogP contribution in [0.2, 0.25) is 0 Å². The smallest absolute Gasteiger partial charge is 0.338 e. The van der Waals surface area contributed by atoms with Gasteiger partial charge in [0.15, 0.2) is 11.7 Å². The molecule has 3 aromatic carbocycles. The van der Waals surface area contributed by atoms with Crippen LogP contribution in [-0.4, -0.2) is 49.0 Å². The molecule has 0 saturated heterocycles. The molecule has 1 aliphatic rings. The van der Waals surface area contributed by atoms with E-state index in [2.05, 4.69) is 37.1 Å². The van der Waals surface area contributed by atoms with Crippen LogP contribution >= 0.6 is 28.1 Å². The molecule has 11 nitrogen and oxygen atoms in total. The summed E-state index contributed by atoms with van der Waals surface area (Å²) in [5.74, 6) is -0.448. The summed E-state index contributed by atoms with van der Waals surface area (Å²) in [6.45, 7) is 5.65. The van der Waals surface area contributed by atoms with Crippen LogP contribution in [0.25, 0.3) is 0 Å². The van der Waals surface area contributed by atoms with E-state index in [1.165, 1.54) is 6.21 Å². The number of ether oxygens (including phenoxy) is 4. The topological polar surface area (TPSA) is 137 Å². The lowest BCUT2D eigenvalue weighted by Crippen LogP contribution is -2.45. The van der Waals surface area contributed by atoms with Gasteiger partial charge in [0.05, 0.1) is 36.6 Å². The van der Waals surface area contributed by atoms with E-state index in [9.17, 15) is 14.4 Å². The third-order valence-electron chi connectivity index (χ3n) is 6.58. The van der Waals surface area contributed by atoms with Gasteiger partial charge in [0, 0.05) is 21.3 Å². The van der Waals surface area contributed by atoms with Gasteiger partial charge in [0.25, 0.3) is 5.91 Å². The van der Waals surface area contributed by atoms with Gasteiger partial charge in [-0.25, -0.2) is 15.0 Å². The Balaban J connectivity index is 1.38. The van der Waals surface area contributed by atoms with Crippen molar-refractivity contribution in [2.24, 2.45) is 5.10 Å². The number of halogens is 1. The predicted octanol–water partition coefficient (Wildman–Crippen LogP) is 5.09. The number of rotatable bonds is 13. The SMILES string of the molecule is CCOC(=O)C1=C(C)NC(=S)N[C@@H]1c1ccccc1OCC(=O)NN=Cc1cc(Br)ccc1OCc1ccc(C(=O)OCC)cc1. The Morgan fingerprint density at radius 1 is 0.957 bits per heavy atom. The maximum atomic E-state index is 12.8. The van der Waals surface area contributed by atoms with E-state index < -0.39 is 17.9 Å². The molecule has 0 aliphatic carbocycles. The van der Waals surface area contributed by atoms with E-state index in [0.717, 1.165) is 10.0 Å². The van der Waals surface area contributed by atoms with Crippen molar-refractivity contribution < 1.29 is 33.3 Å². The highest BCUT2D eigenvalue weighted by molar-refractivity contribution is 9.10. The normalized spacial score (nSPS) is 14.3. The van der Waals surface area contributed by atoms with Crippen molar-refractivity contribution in [2.75, 3.05) is 19.8 Å². The molecule has 1 heterocycles. The van der Waals surface area contributed by atoms with E-state index in [1.54, 1.807) is 81.4 Å². The third kappa shape index (κ3) is 9.14. The maximum Gasteiger partial charge on any atom is 0.338 e. The van der Waals surface area contributed by atoms with E-state index in [-0.39, 0.29) is 25.8 Å². The van der Waals surface area contributed by atoms with Gasteiger partial charge in [-0.1, -0.05) is 46.3 Å². The second kappa shape index (κ2) is 16.5. The molecule has 46 heavy (non-hydrogen) atoms. The number of hydrazone groups is 1. The van der Waals surface area contributed by atoms with Crippen LogP contribution < -0.4 is 25.5 Å². The van der Waals surface area contributed by atoms with Gasteiger partial charge in [0.1, 0.15) is 18.1 Å². The minimum absolute atomic E-state index is 0.214. The number of benzene rings is 3. The van der Waals surface area contributed by atoms with Gasteiger partial charge in [-0.15, -0.1) is 0 Å². The third-order valence-corrected chi connectivity index (χ3v) is 7.29. The van der Waals surface area contributed by atoms with E-state index in [1.807, 2.05) is 6.07 Å². The van der Waals surface area contributed by atoms with Crippen molar-refractivity contribution in [1.82, 2.24) is 16.1 Å². The Labute approximate surface area is 280 Å². The molecule has 1 amide bonds.